The molecule has 4 heteroatoms. The lowest BCUT2D eigenvalue weighted by Crippen LogP contribution is -2.04. The van der Waals surface area contributed by atoms with E-state index in [2.05, 4.69) is 0 Å². The van der Waals surface area contributed by atoms with Crippen LogP contribution in [0, 0.1) is 12.7 Å². The summed E-state index contributed by atoms with van der Waals surface area (Å²) in [7, 11) is 0. The molecular weight excluding hydrogens is 233 g/mol. The fraction of sp³-hybridized carbons (Fsp3) is 0.0714. The summed E-state index contributed by atoms with van der Waals surface area (Å²) in [5, 5.41) is 9.70. The zero-order valence-corrected chi connectivity index (χ0v) is 9.77. The van der Waals surface area contributed by atoms with E-state index in [1.165, 1.54) is 0 Å². The third kappa shape index (κ3) is 2.18. The number of phenols is 1. The number of nitrogen functional groups attached to an aromatic ring is 1. The van der Waals surface area contributed by atoms with Gasteiger partial charge >= 0.3 is 0 Å². The number of hydrogen-bond donors (Lipinski definition) is 2. The standard InChI is InChI=1S/C14H12FNO2/c1-8-2-4-9(5-3-8)13(17)11-6-10(15)7-12(16)14(11)18/h2-7,18H,16H2,1H3. The maximum atomic E-state index is 13.2. The van der Waals surface area contributed by atoms with Gasteiger partial charge in [-0.25, -0.2) is 4.39 Å². The number of hydrogen-bond acceptors (Lipinski definition) is 3. The van der Waals surface area contributed by atoms with Crippen LogP contribution >= 0.6 is 0 Å². The Morgan fingerprint density at radius 3 is 2.44 bits per heavy atom. The number of anilines is 1. The number of ketones is 1. The minimum absolute atomic E-state index is 0.128. The molecule has 2 aromatic rings. The van der Waals surface area contributed by atoms with Crippen LogP contribution in [0.15, 0.2) is 36.4 Å². The van der Waals surface area contributed by atoms with E-state index in [0.717, 1.165) is 17.7 Å². The second-order valence-electron chi connectivity index (χ2n) is 4.09. The lowest BCUT2D eigenvalue weighted by Gasteiger charge is -2.07. The predicted molar refractivity (Wildman–Crippen MR) is 67.1 cm³/mol. The maximum Gasteiger partial charge on any atom is 0.196 e. The smallest absolute Gasteiger partial charge is 0.196 e. The largest absolute Gasteiger partial charge is 0.505 e. The molecule has 18 heavy (non-hydrogen) atoms. The number of halogens is 1. The average Bonchev–Trinajstić information content (AvgIpc) is 2.34. The Balaban J connectivity index is 2.49. The van der Waals surface area contributed by atoms with E-state index in [-0.39, 0.29) is 17.0 Å². The number of aryl methyl sites for hydroxylation is 1. The molecule has 0 heterocycles. The van der Waals surface area contributed by atoms with Gasteiger partial charge in [-0.2, -0.15) is 0 Å². The number of nitrogens with two attached hydrogens (primary N) is 1. The van der Waals surface area contributed by atoms with Gasteiger partial charge in [0, 0.05) is 11.6 Å². The highest BCUT2D eigenvalue weighted by molar-refractivity contribution is 6.11. The van der Waals surface area contributed by atoms with E-state index in [4.69, 9.17) is 5.73 Å². The van der Waals surface area contributed by atoms with E-state index >= 15 is 0 Å². The molecule has 0 aliphatic carbocycles. The van der Waals surface area contributed by atoms with Crippen molar-refractivity contribution in [3.05, 3.63) is 58.9 Å². The first-order valence-electron chi connectivity index (χ1n) is 5.38. The van der Waals surface area contributed by atoms with Crippen LogP contribution < -0.4 is 5.73 Å². The summed E-state index contributed by atoms with van der Waals surface area (Å²) >= 11 is 0. The van der Waals surface area contributed by atoms with Gasteiger partial charge in [0.15, 0.2) is 5.78 Å². The molecule has 0 atom stereocenters. The van der Waals surface area contributed by atoms with Gasteiger partial charge in [-0.1, -0.05) is 29.8 Å². The lowest BCUT2D eigenvalue weighted by atomic mass is 10.0. The summed E-state index contributed by atoms with van der Waals surface area (Å²) in [6.07, 6.45) is 0. The van der Waals surface area contributed by atoms with Crippen LogP contribution in [0.4, 0.5) is 10.1 Å². The van der Waals surface area contributed by atoms with Crippen molar-refractivity contribution in [2.45, 2.75) is 6.92 Å². The summed E-state index contributed by atoms with van der Waals surface area (Å²) in [5.41, 5.74) is 6.53. The molecule has 0 aromatic heterocycles. The first-order valence-corrected chi connectivity index (χ1v) is 5.38. The monoisotopic (exact) mass is 245 g/mol. The highest BCUT2D eigenvalue weighted by Gasteiger charge is 2.16. The molecule has 0 unspecified atom stereocenters. The number of phenolic OH excluding ortho intramolecular Hbond substituents is 1. The molecule has 92 valence electrons. The molecule has 0 saturated heterocycles. The van der Waals surface area contributed by atoms with Crippen LogP contribution in [0.3, 0.4) is 0 Å². The van der Waals surface area contributed by atoms with E-state index in [1.54, 1.807) is 24.3 Å². The molecule has 2 aromatic carbocycles. The average molecular weight is 245 g/mol. The molecule has 0 bridgehead atoms. The fourth-order valence-corrected chi connectivity index (χ4v) is 1.65. The fourth-order valence-electron chi connectivity index (χ4n) is 1.65. The number of rotatable bonds is 2. The van der Waals surface area contributed by atoms with Crippen LogP contribution in [0.5, 0.6) is 5.75 Å². The maximum absolute atomic E-state index is 13.2. The van der Waals surface area contributed by atoms with E-state index < -0.39 is 11.6 Å². The second-order valence-corrected chi connectivity index (χ2v) is 4.09. The van der Waals surface area contributed by atoms with Crippen LogP contribution in [-0.4, -0.2) is 10.9 Å². The molecule has 0 fully saturated rings. The summed E-state index contributed by atoms with van der Waals surface area (Å²) in [5.74, 6) is -1.50. The van der Waals surface area contributed by atoms with E-state index in [0.29, 0.717) is 5.56 Å². The molecule has 0 radical (unpaired) electrons. The Bertz CT molecular complexity index is 606. The highest BCUT2D eigenvalue weighted by atomic mass is 19.1. The molecule has 0 spiro atoms. The van der Waals surface area contributed by atoms with Crippen LogP contribution in [0.25, 0.3) is 0 Å². The van der Waals surface area contributed by atoms with Gasteiger partial charge in [0.05, 0.1) is 11.3 Å². The highest BCUT2D eigenvalue weighted by Crippen LogP contribution is 2.28. The van der Waals surface area contributed by atoms with Crippen LogP contribution in [0.2, 0.25) is 0 Å². The van der Waals surface area contributed by atoms with Crippen molar-refractivity contribution in [3.63, 3.8) is 0 Å². The third-order valence-corrected chi connectivity index (χ3v) is 2.66. The molecule has 0 amide bonds. The molecular formula is C14H12FNO2. The second kappa shape index (κ2) is 4.49. The van der Waals surface area contributed by atoms with Crippen molar-refractivity contribution < 1.29 is 14.3 Å². The number of carbonyl (C=O) groups excluding carboxylic acids is 1. The summed E-state index contributed by atoms with van der Waals surface area (Å²) in [4.78, 5) is 12.1. The lowest BCUT2D eigenvalue weighted by molar-refractivity contribution is 0.103. The molecule has 0 aliphatic heterocycles. The normalized spacial score (nSPS) is 10.3. The first-order chi connectivity index (χ1) is 8.49. The van der Waals surface area contributed by atoms with Crippen molar-refractivity contribution in [2.75, 3.05) is 5.73 Å². The van der Waals surface area contributed by atoms with Crippen molar-refractivity contribution in [1.82, 2.24) is 0 Å². The van der Waals surface area contributed by atoms with Gasteiger partial charge in [-0.3, -0.25) is 4.79 Å². The zero-order valence-electron chi connectivity index (χ0n) is 9.77. The molecule has 3 N–H and O–H groups in total. The Hall–Kier alpha value is -2.36. The van der Waals surface area contributed by atoms with E-state index in [9.17, 15) is 14.3 Å². The predicted octanol–water partition coefficient (Wildman–Crippen LogP) is 2.65. The number of aromatic hydroxyl groups is 1. The Labute approximate surface area is 104 Å². The minimum atomic E-state index is -0.652. The van der Waals surface area contributed by atoms with Crippen LogP contribution in [0.1, 0.15) is 21.5 Å². The first kappa shape index (κ1) is 12.1. The van der Waals surface area contributed by atoms with Crippen molar-refractivity contribution in [3.8, 4) is 5.75 Å². The Morgan fingerprint density at radius 2 is 1.83 bits per heavy atom. The van der Waals surface area contributed by atoms with Crippen molar-refractivity contribution in [1.29, 1.82) is 0 Å². The Kier molecular flexibility index (Phi) is 3.02. The van der Waals surface area contributed by atoms with Gasteiger partial charge < -0.3 is 10.8 Å². The van der Waals surface area contributed by atoms with Gasteiger partial charge in [0.2, 0.25) is 0 Å². The Morgan fingerprint density at radius 1 is 1.22 bits per heavy atom. The van der Waals surface area contributed by atoms with Gasteiger partial charge in [0.25, 0.3) is 0 Å². The summed E-state index contributed by atoms with van der Waals surface area (Å²) in [6.45, 7) is 1.89. The number of benzene rings is 2. The summed E-state index contributed by atoms with van der Waals surface area (Å²) in [6, 6.07) is 8.74. The van der Waals surface area contributed by atoms with Gasteiger partial charge in [-0.15, -0.1) is 0 Å². The molecule has 0 saturated carbocycles. The molecule has 2 rings (SSSR count). The van der Waals surface area contributed by atoms with Crippen LogP contribution in [-0.2, 0) is 0 Å². The molecule has 0 aliphatic rings. The quantitative estimate of drug-likeness (QED) is 0.485. The van der Waals surface area contributed by atoms with Gasteiger partial charge in [-0.05, 0) is 13.0 Å². The SMILES string of the molecule is Cc1ccc(C(=O)c2cc(F)cc(N)c2O)cc1. The molecule has 3 nitrogen and oxygen atoms in total. The zero-order chi connectivity index (χ0) is 13.3. The van der Waals surface area contributed by atoms with Crippen molar-refractivity contribution >= 4 is 11.5 Å². The summed E-state index contributed by atoms with van der Waals surface area (Å²) < 4.78 is 13.2. The van der Waals surface area contributed by atoms with Crippen molar-refractivity contribution in [2.24, 2.45) is 0 Å². The topological polar surface area (TPSA) is 63.3 Å². The minimum Gasteiger partial charge on any atom is -0.505 e. The van der Waals surface area contributed by atoms with Gasteiger partial charge in [0.1, 0.15) is 11.6 Å². The van der Waals surface area contributed by atoms with E-state index in [1.807, 2.05) is 6.92 Å². The third-order valence-electron chi connectivity index (χ3n) is 2.66. The number of carbonyl (C=O) groups is 1.